The number of ether oxygens (including phenoxy) is 4. The number of esters is 1. The third kappa shape index (κ3) is 9.66. The summed E-state index contributed by atoms with van der Waals surface area (Å²) in [7, 11) is 4.46. The first-order valence-corrected chi connectivity index (χ1v) is 19.3. The van der Waals surface area contributed by atoms with Crippen LogP contribution in [0.15, 0.2) is 33.3 Å². The second-order valence-corrected chi connectivity index (χ2v) is 15.1. The number of H-pyrrole nitrogens is 2. The minimum absolute atomic E-state index is 0. The standard InChI is InChI=1S/C19H19ClN4O3.C18H15ClN4O4.C4H8O.CH3.BrH.Mg/c1-8-14(9(2)27-24-8)11-6-12-10(7-13(11)26-5)15-16(20)22-18(19(3,4)25)23-17(15)21-12;1-7-13(8(2)27-23-7)10-5-11-9(6-12(10)25-3)14-15(19)21-17(18(24)26-4)22-16(14)20-11;1-2-4-5-3-1;;;/h6-7,25H,1-5H3,(H,21,22,23);5-6H,1-4H3,(H,20,21,22);1-4H2;1H3;1H;/q;;;-1;;+2/p-1. The number of aromatic amines is 2. The molecule has 20 heteroatoms. The van der Waals surface area contributed by atoms with Gasteiger partial charge in [0, 0.05) is 46.1 Å². The maximum Gasteiger partial charge on any atom is 2.00 e. The Morgan fingerprint density at radius 2 is 1.19 bits per heavy atom. The first-order valence-electron chi connectivity index (χ1n) is 18.5. The van der Waals surface area contributed by atoms with Gasteiger partial charge in [0.15, 0.2) is 5.82 Å². The van der Waals surface area contributed by atoms with Crippen LogP contribution in [0.5, 0.6) is 11.5 Å². The summed E-state index contributed by atoms with van der Waals surface area (Å²) in [6.45, 7) is 12.7. The van der Waals surface area contributed by atoms with Gasteiger partial charge in [0.05, 0.1) is 54.6 Å². The number of nitrogens with zero attached hydrogens (tertiary/aromatic N) is 6. The Kier molecular flexibility index (Phi) is 16.4. The normalized spacial score (nSPS) is 12.2. The van der Waals surface area contributed by atoms with Crippen molar-refractivity contribution in [2.24, 2.45) is 0 Å². The molecule has 1 aliphatic heterocycles. The first-order chi connectivity index (χ1) is 28.1. The van der Waals surface area contributed by atoms with Crippen molar-refractivity contribution in [2.75, 3.05) is 34.5 Å². The fourth-order valence-electron chi connectivity index (χ4n) is 6.99. The Morgan fingerprint density at radius 3 is 1.56 bits per heavy atom. The molecule has 7 heterocycles. The van der Waals surface area contributed by atoms with E-state index in [0.29, 0.717) is 45.1 Å². The molecule has 0 radical (unpaired) electrons. The molecule has 16 nitrogen and oxygen atoms in total. The number of hydrogen-bond donors (Lipinski definition) is 3. The molecule has 6 aromatic heterocycles. The van der Waals surface area contributed by atoms with Gasteiger partial charge in [-0.05, 0) is 78.6 Å². The van der Waals surface area contributed by atoms with Gasteiger partial charge in [0.2, 0.25) is 5.82 Å². The van der Waals surface area contributed by atoms with Gasteiger partial charge in [-0.2, -0.15) is 0 Å². The van der Waals surface area contributed by atoms with Crippen LogP contribution in [0, 0.1) is 35.1 Å². The summed E-state index contributed by atoms with van der Waals surface area (Å²) in [5, 5.41) is 21.6. The number of hydrogen-bond acceptors (Lipinski definition) is 14. The third-order valence-corrected chi connectivity index (χ3v) is 10.3. The van der Waals surface area contributed by atoms with E-state index in [0.717, 1.165) is 68.7 Å². The number of rotatable bonds is 6. The Hall–Kier alpha value is -4.56. The van der Waals surface area contributed by atoms with Crippen molar-refractivity contribution in [3.8, 4) is 33.8 Å². The van der Waals surface area contributed by atoms with E-state index < -0.39 is 11.6 Å². The number of carbonyl (C=O) groups is 1. The molecular weight excluding hydrogens is 920 g/mol. The van der Waals surface area contributed by atoms with Crippen molar-refractivity contribution in [1.29, 1.82) is 0 Å². The van der Waals surface area contributed by atoms with Crippen LogP contribution < -0.4 is 26.5 Å². The molecule has 0 aliphatic carbocycles. The number of nitrogens with one attached hydrogen (secondary N) is 2. The molecule has 1 aliphatic rings. The number of aryl methyl sites for hydroxylation is 4. The molecule has 0 bridgehead atoms. The van der Waals surface area contributed by atoms with Gasteiger partial charge in [-0.15, -0.1) is 0 Å². The Bertz CT molecular complexity index is 2840. The molecule has 324 valence electrons. The van der Waals surface area contributed by atoms with Crippen LogP contribution >= 0.6 is 23.2 Å². The van der Waals surface area contributed by atoms with E-state index in [1.807, 2.05) is 52.0 Å². The average molecular weight is 965 g/mol. The van der Waals surface area contributed by atoms with Crippen molar-refractivity contribution in [2.45, 2.75) is 60.0 Å². The summed E-state index contributed by atoms with van der Waals surface area (Å²) in [5.74, 6) is 2.18. The SMILES string of the molecule is C1CCOC1.COC(=O)c1nc(Cl)c2c(n1)[nH]c1cc(-c3c(C)noc3C)c(OC)cc12.COc1cc2c(cc1-c1c(C)noc1C)[nH]c1nc(C(C)(C)O)nc(Cl)c12.[Br-].[CH3-].[Mg+2]. The van der Waals surface area contributed by atoms with Gasteiger partial charge in [-0.3, -0.25) is 0 Å². The maximum atomic E-state index is 11.8. The Balaban J connectivity index is 0.000000234. The second-order valence-electron chi connectivity index (χ2n) is 14.3. The predicted molar refractivity (Wildman–Crippen MR) is 235 cm³/mol. The number of fused-ring (bicyclic) bond motifs is 6. The molecule has 0 amide bonds. The zero-order valence-electron chi connectivity index (χ0n) is 36.0. The largest absolute Gasteiger partial charge is 2.00 e. The van der Waals surface area contributed by atoms with Crippen LogP contribution in [0.25, 0.3) is 66.1 Å². The van der Waals surface area contributed by atoms with E-state index in [2.05, 4.69) is 45.0 Å². The first kappa shape index (κ1) is 50.1. The molecule has 0 saturated carbocycles. The average Bonchev–Trinajstić information content (AvgIpc) is 4.05. The number of halogens is 3. The van der Waals surface area contributed by atoms with E-state index in [1.165, 1.54) is 20.0 Å². The van der Waals surface area contributed by atoms with Gasteiger partial charge >= 0.3 is 29.0 Å². The zero-order valence-corrected chi connectivity index (χ0v) is 40.5. The fraction of sp³-hybridized carbons (Fsp3) is 0.333. The van der Waals surface area contributed by atoms with Crippen LogP contribution in [-0.4, -0.2) is 109 Å². The molecule has 62 heavy (non-hydrogen) atoms. The summed E-state index contributed by atoms with van der Waals surface area (Å²) >= 11 is 12.8. The van der Waals surface area contributed by atoms with Gasteiger partial charge in [0.25, 0.3) is 0 Å². The molecule has 0 atom stereocenters. The van der Waals surface area contributed by atoms with Crippen molar-refractivity contribution in [3.05, 3.63) is 76.6 Å². The van der Waals surface area contributed by atoms with Gasteiger partial charge < -0.3 is 67.5 Å². The van der Waals surface area contributed by atoms with E-state index in [4.69, 9.17) is 46.5 Å². The summed E-state index contributed by atoms with van der Waals surface area (Å²) in [6, 6.07) is 7.62. The van der Waals surface area contributed by atoms with Gasteiger partial charge in [-0.25, -0.2) is 24.7 Å². The summed E-state index contributed by atoms with van der Waals surface area (Å²) in [4.78, 5) is 35.2. The number of carbonyl (C=O) groups excluding carboxylic acids is 1. The van der Waals surface area contributed by atoms with Crippen LogP contribution in [0.4, 0.5) is 0 Å². The molecule has 1 fully saturated rings. The fourth-order valence-corrected chi connectivity index (χ4v) is 7.53. The summed E-state index contributed by atoms with van der Waals surface area (Å²) in [6.07, 6.45) is 2.56. The number of methoxy groups -OCH3 is 3. The molecule has 1 saturated heterocycles. The number of aliphatic hydroxyl groups is 1. The van der Waals surface area contributed by atoms with Crippen LogP contribution in [0.1, 0.15) is 66.0 Å². The quantitative estimate of drug-likeness (QED) is 0.0759. The molecule has 0 spiro atoms. The topological polar surface area (TPSA) is 209 Å². The monoisotopic (exact) mass is 962 g/mol. The Labute approximate surface area is 393 Å². The van der Waals surface area contributed by atoms with E-state index in [9.17, 15) is 9.90 Å². The van der Waals surface area contributed by atoms with Crippen molar-refractivity contribution < 1.29 is 54.9 Å². The van der Waals surface area contributed by atoms with E-state index in [-0.39, 0.29) is 69.4 Å². The van der Waals surface area contributed by atoms with E-state index >= 15 is 0 Å². The third-order valence-electron chi connectivity index (χ3n) is 9.80. The molecule has 2 aromatic carbocycles. The second kappa shape index (κ2) is 20.3. The van der Waals surface area contributed by atoms with Gasteiger partial charge in [0.1, 0.15) is 50.2 Å². The van der Waals surface area contributed by atoms with Crippen LogP contribution in [0.2, 0.25) is 10.3 Å². The molecule has 3 N–H and O–H groups in total. The van der Waals surface area contributed by atoms with Crippen molar-refractivity contribution >= 4 is 96.1 Å². The van der Waals surface area contributed by atoms with Crippen molar-refractivity contribution in [1.82, 2.24) is 40.2 Å². The molecule has 9 rings (SSSR count). The minimum atomic E-state index is -1.20. The smallest absolute Gasteiger partial charge is 1.00 e. The predicted octanol–water partition coefficient (Wildman–Crippen LogP) is 5.97. The van der Waals surface area contributed by atoms with Crippen LogP contribution in [-0.2, 0) is 15.1 Å². The minimum Gasteiger partial charge on any atom is -1.00 e. The van der Waals surface area contributed by atoms with Crippen molar-refractivity contribution in [3.63, 3.8) is 0 Å². The van der Waals surface area contributed by atoms with Gasteiger partial charge in [-0.1, -0.05) is 33.5 Å². The molecular formula is C42H45BrCl2MgN8O8. The zero-order chi connectivity index (χ0) is 42.3. The number of aromatic nitrogens is 8. The van der Waals surface area contributed by atoms with Crippen LogP contribution in [0.3, 0.4) is 0 Å². The Morgan fingerprint density at radius 1 is 0.742 bits per heavy atom. The summed E-state index contributed by atoms with van der Waals surface area (Å²) < 4.78 is 31.4. The number of benzene rings is 2. The summed E-state index contributed by atoms with van der Waals surface area (Å²) in [5.41, 5.74) is 6.35. The maximum absolute atomic E-state index is 11.8. The molecule has 8 aromatic rings. The molecule has 0 unspecified atom stereocenters. The van der Waals surface area contributed by atoms with E-state index in [1.54, 1.807) is 28.1 Å².